The Morgan fingerprint density at radius 1 is 1.56 bits per heavy atom. The van der Waals surface area contributed by atoms with Crippen LogP contribution in [0.25, 0.3) is 0 Å². The predicted octanol–water partition coefficient (Wildman–Crippen LogP) is 0.991. The van der Waals surface area contributed by atoms with E-state index in [9.17, 15) is 9.59 Å². The molecule has 0 aliphatic carbocycles. The lowest BCUT2D eigenvalue weighted by molar-refractivity contribution is -0.126. The zero-order valence-electron chi connectivity index (χ0n) is 9.94. The van der Waals surface area contributed by atoms with Crippen molar-refractivity contribution >= 4 is 29.1 Å². The summed E-state index contributed by atoms with van der Waals surface area (Å²) in [5, 5.41) is 0.624. The van der Waals surface area contributed by atoms with Gasteiger partial charge in [0, 0.05) is 23.7 Å². The Morgan fingerprint density at radius 2 is 2.28 bits per heavy atom. The highest BCUT2D eigenvalue weighted by molar-refractivity contribution is 6.30. The third kappa shape index (κ3) is 2.32. The maximum absolute atomic E-state index is 11.9. The van der Waals surface area contributed by atoms with Crippen molar-refractivity contribution in [2.75, 3.05) is 11.4 Å². The molecule has 1 fully saturated rings. The minimum absolute atomic E-state index is 0.0750. The van der Waals surface area contributed by atoms with Gasteiger partial charge in [0.1, 0.15) is 0 Å². The van der Waals surface area contributed by atoms with Crippen LogP contribution in [0.1, 0.15) is 12.0 Å². The molecule has 0 radical (unpaired) electrons. The first-order chi connectivity index (χ1) is 8.52. The molecule has 2 amide bonds. The molecule has 0 unspecified atom stereocenters. The van der Waals surface area contributed by atoms with Gasteiger partial charge in [-0.1, -0.05) is 11.6 Å². The molecule has 18 heavy (non-hydrogen) atoms. The maximum atomic E-state index is 11.9. The first-order valence-corrected chi connectivity index (χ1v) is 5.97. The van der Waals surface area contributed by atoms with Crippen LogP contribution in [0, 0.1) is 12.8 Å². The van der Waals surface area contributed by atoms with Gasteiger partial charge in [-0.15, -0.1) is 0 Å². The van der Waals surface area contributed by atoms with E-state index in [1.165, 1.54) is 0 Å². The molecule has 1 heterocycles. The lowest BCUT2D eigenvalue weighted by atomic mass is 10.1. The van der Waals surface area contributed by atoms with E-state index in [4.69, 9.17) is 17.4 Å². The van der Waals surface area contributed by atoms with Crippen molar-refractivity contribution in [3.8, 4) is 0 Å². The fourth-order valence-corrected chi connectivity index (χ4v) is 2.38. The normalized spacial score (nSPS) is 19.2. The Morgan fingerprint density at radius 3 is 2.89 bits per heavy atom. The van der Waals surface area contributed by atoms with Gasteiger partial charge in [0.05, 0.1) is 5.92 Å². The van der Waals surface area contributed by atoms with Crippen LogP contribution in [-0.2, 0) is 9.59 Å². The monoisotopic (exact) mass is 267 g/mol. The highest BCUT2D eigenvalue weighted by Gasteiger charge is 2.35. The maximum Gasteiger partial charge on any atom is 0.239 e. The van der Waals surface area contributed by atoms with Gasteiger partial charge in [-0.05, 0) is 30.7 Å². The second-order valence-corrected chi connectivity index (χ2v) is 4.78. The molecular weight excluding hydrogens is 254 g/mol. The number of nitrogens with zero attached hydrogens (tertiary/aromatic N) is 1. The van der Waals surface area contributed by atoms with Gasteiger partial charge in [-0.2, -0.15) is 0 Å². The van der Waals surface area contributed by atoms with Gasteiger partial charge >= 0.3 is 0 Å². The molecule has 0 spiro atoms. The summed E-state index contributed by atoms with van der Waals surface area (Å²) in [6, 6.07) is 5.31. The summed E-state index contributed by atoms with van der Waals surface area (Å²) in [7, 11) is 0. The zero-order valence-corrected chi connectivity index (χ0v) is 10.7. The van der Waals surface area contributed by atoms with Crippen LogP contribution in [0.2, 0.25) is 5.02 Å². The second-order valence-electron chi connectivity index (χ2n) is 4.34. The quantitative estimate of drug-likeness (QED) is 0.477. The third-order valence-electron chi connectivity index (χ3n) is 3.09. The highest BCUT2D eigenvalue weighted by Crippen LogP contribution is 2.29. The summed E-state index contributed by atoms with van der Waals surface area (Å²) < 4.78 is 0. The third-order valence-corrected chi connectivity index (χ3v) is 3.32. The van der Waals surface area contributed by atoms with Crippen LogP contribution in [0.5, 0.6) is 0 Å². The molecular formula is C12H14ClN3O2. The van der Waals surface area contributed by atoms with Crippen molar-refractivity contribution in [1.29, 1.82) is 0 Å². The van der Waals surface area contributed by atoms with Crippen molar-refractivity contribution in [3.05, 3.63) is 28.8 Å². The molecule has 96 valence electrons. The summed E-state index contributed by atoms with van der Waals surface area (Å²) in [5.74, 6) is 4.31. The molecule has 1 aromatic carbocycles. The molecule has 5 nitrogen and oxygen atoms in total. The molecule has 0 bridgehead atoms. The van der Waals surface area contributed by atoms with Crippen molar-refractivity contribution in [3.63, 3.8) is 0 Å². The van der Waals surface area contributed by atoms with E-state index >= 15 is 0 Å². The number of halogens is 1. The van der Waals surface area contributed by atoms with Gasteiger partial charge < -0.3 is 4.90 Å². The van der Waals surface area contributed by atoms with Crippen LogP contribution in [0.4, 0.5) is 5.69 Å². The van der Waals surface area contributed by atoms with Crippen molar-refractivity contribution < 1.29 is 9.59 Å². The number of aryl methyl sites for hydroxylation is 1. The Kier molecular flexibility index (Phi) is 3.54. The van der Waals surface area contributed by atoms with E-state index in [1.807, 2.05) is 6.92 Å². The number of carbonyl (C=O) groups excluding carboxylic acids is 2. The Bertz CT molecular complexity index is 504. The number of carbonyl (C=O) groups is 2. The summed E-state index contributed by atoms with van der Waals surface area (Å²) in [4.78, 5) is 25.0. The van der Waals surface area contributed by atoms with E-state index in [2.05, 4.69) is 5.43 Å². The highest BCUT2D eigenvalue weighted by atomic mass is 35.5. The first-order valence-electron chi connectivity index (χ1n) is 5.60. The molecule has 1 saturated heterocycles. The number of hydrogen-bond donors (Lipinski definition) is 2. The topological polar surface area (TPSA) is 75.4 Å². The molecule has 3 N–H and O–H groups in total. The number of nitrogens with two attached hydrogens (primary N) is 1. The van der Waals surface area contributed by atoms with Crippen molar-refractivity contribution in [2.24, 2.45) is 11.8 Å². The molecule has 0 aromatic heterocycles. The Hall–Kier alpha value is -1.59. The van der Waals surface area contributed by atoms with Gasteiger partial charge in [-0.25, -0.2) is 5.84 Å². The smallest absolute Gasteiger partial charge is 0.239 e. The average Bonchev–Trinajstić information content (AvgIpc) is 2.70. The molecule has 1 aliphatic heterocycles. The molecule has 6 heteroatoms. The second kappa shape index (κ2) is 4.96. The van der Waals surface area contributed by atoms with Crippen LogP contribution in [-0.4, -0.2) is 18.4 Å². The fourth-order valence-electron chi connectivity index (χ4n) is 2.16. The standard InChI is InChI=1S/C12H14ClN3O2/c1-7-4-9(13)2-3-10(7)16-6-8(5-11(16)17)12(18)15-14/h2-4,8H,5-6,14H2,1H3,(H,15,18)/t8-/m1/s1. The Labute approximate surface area is 110 Å². The van der Waals surface area contributed by atoms with E-state index in [0.29, 0.717) is 11.6 Å². The number of hydrogen-bond acceptors (Lipinski definition) is 3. The largest absolute Gasteiger partial charge is 0.311 e. The zero-order chi connectivity index (χ0) is 13.3. The number of hydrazine groups is 1. The fraction of sp³-hybridized carbons (Fsp3) is 0.333. The van der Waals surface area contributed by atoms with Crippen molar-refractivity contribution in [2.45, 2.75) is 13.3 Å². The molecule has 1 atom stereocenters. The summed E-state index contributed by atoms with van der Waals surface area (Å²) in [5.41, 5.74) is 3.78. The van der Waals surface area contributed by atoms with Gasteiger partial charge in [0.2, 0.25) is 11.8 Å². The van der Waals surface area contributed by atoms with Crippen LogP contribution < -0.4 is 16.2 Å². The van der Waals surface area contributed by atoms with E-state index < -0.39 is 5.92 Å². The average molecular weight is 268 g/mol. The van der Waals surface area contributed by atoms with E-state index in [1.54, 1.807) is 23.1 Å². The van der Waals surface area contributed by atoms with Gasteiger partial charge in [0.15, 0.2) is 0 Å². The SMILES string of the molecule is Cc1cc(Cl)ccc1N1C[C@H](C(=O)NN)CC1=O. The van der Waals surface area contributed by atoms with Crippen LogP contribution in [0.3, 0.4) is 0 Å². The number of rotatable bonds is 2. The lowest BCUT2D eigenvalue weighted by Gasteiger charge is -2.19. The van der Waals surface area contributed by atoms with Gasteiger partial charge in [0.25, 0.3) is 0 Å². The number of anilines is 1. The Balaban J connectivity index is 2.24. The number of benzene rings is 1. The molecule has 2 rings (SSSR count). The van der Waals surface area contributed by atoms with E-state index in [-0.39, 0.29) is 18.2 Å². The number of nitrogens with one attached hydrogen (secondary N) is 1. The summed E-state index contributed by atoms with van der Waals surface area (Å²) >= 11 is 5.88. The molecule has 1 aromatic rings. The van der Waals surface area contributed by atoms with Gasteiger partial charge in [-0.3, -0.25) is 15.0 Å². The molecule has 1 aliphatic rings. The minimum atomic E-state index is -0.391. The molecule has 0 saturated carbocycles. The van der Waals surface area contributed by atoms with E-state index in [0.717, 1.165) is 11.3 Å². The van der Waals surface area contributed by atoms with Crippen LogP contribution in [0.15, 0.2) is 18.2 Å². The summed E-state index contributed by atoms with van der Waals surface area (Å²) in [6.07, 6.45) is 0.186. The van der Waals surface area contributed by atoms with Crippen LogP contribution >= 0.6 is 11.6 Å². The first kappa shape index (κ1) is 12.9. The minimum Gasteiger partial charge on any atom is -0.311 e. The number of amides is 2. The predicted molar refractivity (Wildman–Crippen MR) is 69.0 cm³/mol. The summed E-state index contributed by atoms with van der Waals surface area (Å²) in [6.45, 7) is 2.23. The lowest BCUT2D eigenvalue weighted by Crippen LogP contribution is -2.37. The van der Waals surface area contributed by atoms with Crippen molar-refractivity contribution in [1.82, 2.24) is 5.43 Å².